The van der Waals surface area contributed by atoms with Crippen molar-refractivity contribution in [2.45, 2.75) is 24.4 Å². The molecule has 0 unspecified atom stereocenters. The summed E-state index contributed by atoms with van der Waals surface area (Å²) in [6.45, 7) is 1.01. The third-order valence-electron chi connectivity index (χ3n) is 4.86. The van der Waals surface area contributed by atoms with Crippen LogP contribution >= 0.6 is 11.3 Å². The Kier molecular flexibility index (Phi) is 5.09. The van der Waals surface area contributed by atoms with E-state index in [0.717, 1.165) is 16.9 Å². The van der Waals surface area contributed by atoms with Gasteiger partial charge in [0.05, 0.1) is 12.8 Å². The Hall–Kier alpha value is -2.42. The van der Waals surface area contributed by atoms with Crippen molar-refractivity contribution in [1.82, 2.24) is 9.21 Å². The first kappa shape index (κ1) is 18.9. The molecule has 0 atom stereocenters. The quantitative estimate of drug-likeness (QED) is 0.639. The van der Waals surface area contributed by atoms with Gasteiger partial charge in [-0.05, 0) is 41.1 Å². The lowest BCUT2D eigenvalue weighted by Crippen LogP contribution is -2.37. The highest BCUT2D eigenvalue weighted by molar-refractivity contribution is 7.89. The van der Waals surface area contributed by atoms with Gasteiger partial charge in [0, 0.05) is 20.1 Å². The minimum absolute atomic E-state index is 0.0770. The molecule has 1 amide bonds. The second-order valence-electron chi connectivity index (χ2n) is 6.71. The molecule has 6 nitrogen and oxygen atoms in total. The van der Waals surface area contributed by atoms with E-state index in [1.807, 2.05) is 24.3 Å². The van der Waals surface area contributed by atoms with Crippen LogP contribution in [-0.4, -0.2) is 37.1 Å². The molecule has 3 aromatic rings. The van der Waals surface area contributed by atoms with E-state index in [1.54, 1.807) is 30.8 Å². The summed E-state index contributed by atoms with van der Waals surface area (Å²) in [6, 6.07) is 12.9. The molecule has 1 aliphatic rings. The first-order valence-corrected chi connectivity index (χ1v) is 11.2. The number of nitrogens with zero attached hydrogens (tertiary/aromatic N) is 2. The van der Waals surface area contributed by atoms with Crippen molar-refractivity contribution in [1.29, 1.82) is 0 Å². The van der Waals surface area contributed by atoms with E-state index in [-0.39, 0.29) is 22.2 Å². The predicted octanol–water partition coefficient (Wildman–Crippen LogP) is 3.36. The number of rotatable bonds is 5. The maximum atomic E-state index is 13.3. The van der Waals surface area contributed by atoms with Gasteiger partial charge in [-0.15, -0.1) is 11.3 Å². The first-order valence-electron chi connectivity index (χ1n) is 8.89. The maximum Gasteiger partial charge on any atom is 0.265 e. The molecule has 4 rings (SSSR count). The molecule has 8 heteroatoms. The molecule has 0 radical (unpaired) electrons. The fourth-order valence-corrected chi connectivity index (χ4v) is 6.16. The minimum Gasteiger partial charge on any atom is -0.467 e. The summed E-state index contributed by atoms with van der Waals surface area (Å²) < 4.78 is 33.3. The van der Waals surface area contributed by atoms with Gasteiger partial charge in [-0.3, -0.25) is 4.79 Å². The predicted molar refractivity (Wildman–Crippen MR) is 107 cm³/mol. The van der Waals surface area contributed by atoms with E-state index in [4.69, 9.17) is 4.42 Å². The molecule has 28 heavy (non-hydrogen) atoms. The zero-order valence-electron chi connectivity index (χ0n) is 15.4. The second-order valence-corrected chi connectivity index (χ2v) is 9.53. The lowest BCUT2D eigenvalue weighted by atomic mass is 10.0. The molecule has 0 bridgehead atoms. The van der Waals surface area contributed by atoms with Crippen molar-refractivity contribution < 1.29 is 17.6 Å². The molecule has 1 aliphatic heterocycles. The van der Waals surface area contributed by atoms with Crippen LogP contribution in [0.25, 0.3) is 0 Å². The summed E-state index contributed by atoms with van der Waals surface area (Å²) in [5.74, 6) is 0.312. The number of amides is 1. The number of hydrogen-bond donors (Lipinski definition) is 0. The Morgan fingerprint density at radius 3 is 2.71 bits per heavy atom. The number of thiophene rings is 1. The average Bonchev–Trinajstić information content (AvgIpc) is 3.39. The lowest BCUT2D eigenvalue weighted by molar-refractivity contribution is 0.0776. The highest BCUT2D eigenvalue weighted by Crippen LogP contribution is 2.30. The summed E-state index contributed by atoms with van der Waals surface area (Å²) in [5.41, 5.74) is 2.18. The van der Waals surface area contributed by atoms with E-state index < -0.39 is 10.0 Å². The number of furan rings is 1. The van der Waals surface area contributed by atoms with Crippen LogP contribution in [0, 0.1) is 0 Å². The molecule has 3 heterocycles. The summed E-state index contributed by atoms with van der Waals surface area (Å²) in [6.07, 6.45) is 2.21. The highest BCUT2D eigenvalue weighted by Gasteiger charge is 2.33. The van der Waals surface area contributed by atoms with Gasteiger partial charge in [0.15, 0.2) is 0 Å². The van der Waals surface area contributed by atoms with Crippen LogP contribution < -0.4 is 0 Å². The van der Waals surface area contributed by atoms with E-state index in [0.29, 0.717) is 25.3 Å². The first-order chi connectivity index (χ1) is 13.5. The van der Waals surface area contributed by atoms with Crippen molar-refractivity contribution in [3.63, 3.8) is 0 Å². The molecule has 0 aliphatic carbocycles. The van der Waals surface area contributed by atoms with E-state index >= 15 is 0 Å². The Balaban J connectivity index is 1.58. The fourth-order valence-electron chi connectivity index (χ4n) is 3.35. The smallest absolute Gasteiger partial charge is 0.265 e. The molecule has 0 saturated carbocycles. The molecule has 0 N–H and O–H groups in total. The Bertz CT molecular complexity index is 1090. The highest BCUT2D eigenvalue weighted by atomic mass is 32.2. The van der Waals surface area contributed by atoms with Gasteiger partial charge in [-0.1, -0.05) is 24.3 Å². The molecule has 2 aromatic heterocycles. The third-order valence-corrected chi connectivity index (χ3v) is 7.78. The fraction of sp³-hybridized carbons (Fsp3) is 0.250. The summed E-state index contributed by atoms with van der Waals surface area (Å²) in [4.78, 5) is 14.7. The second kappa shape index (κ2) is 7.54. The van der Waals surface area contributed by atoms with E-state index in [2.05, 4.69) is 0 Å². The number of sulfonamides is 1. The van der Waals surface area contributed by atoms with Gasteiger partial charge in [0.25, 0.3) is 5.91 Å². The van der Waals surface area contributed by atoms with Crippen molar-refractivity contribution in [3.05, 3.63) is 75.9 Å². The van der Waals surface area contributed by atoms with Crippen LogP contribution in [0.5, 0.6) is 0 Å². The molecular formula is C20H20N2O4S2. The Labute approximate surface area is 168 Å². The molecule has 146 valence electrons. The maximum absolute atomic E-state index is 13.3. The molecule has 0 saturated heterocycles. The topological polar surface area (TPSA) is 70.8 Å². The van der Waals surface area contributed by atoms with Crippen molar-refractivity contribution in [3.8, 4) is 0 Å². The van der Waals surface area contributed by atoms with Gasteiger partial charge in [0.2, 0.25) is 10.0 Å². The summed E-state index contributed by atoms with van der Waals surface area (Å²) in [5, 5.41) is 1.65. The van der Waals surface area contributed by atoms with Gasteiger partial charge < -0.3 is 9.32 Å². The molecule has 1 aromatic carbocycles. The van der Waals surface area contributed by atoms with Crippen LogP contribution in [0.3, 0.4) is 0 Å². The van der Waals surface area contributed by atoms with Crippen LogP contribution in [0.1, 0.15) is 26.6 Å². The van der Waals surface area contributed by atoms with Gasteiger partial charge in [-0.25, -0.2) is 8.42 Å². The van der Waals surface area contributed by atoms with Crippen LogP contribution in [0.2, 0.25) is 0 Å². The zero-order chi connectivity index (χ0) is 19.7. The standard InChI is InChI=1S/C20H20N2O4S2/c1-21(14-17-7-4-11-26-17)20(23)19-18(9-12-27-19)28(24,25)22-10-8-15-5-2-3-6-16(15)13-22/h2-7,9,11-12H,8,10,13-14H2,1H3. The summed E-state index contributed by atoms with van der Waals surface area (Å²) >= 11 is 1.15. The molecule has 0 fully saturated rings. The average molecular weight is 417 g/mol. The molecular weight excluding hydrogens is 396 g/mol. The van der Waals surface area contributed by atoms with Crippen molar-refractivity contribution in [2.24, 2.45) is 0 Å². The van der Waals surface area contributed by atoms with Gasteiger partial charge in [0.1, 0.15) is 15.5 Å². The summed E-state index contributed by atoms with van der Waals surface area (Å²) in [7, 11) is -2.12. The number of carbonyl (C=O) groups is 1. The Morgan fingerprint density at radius 2 is 1.96 bits per heavy atom. The van der Waals surface area contributed by atoms with Crippen LogP contribution in [0.15, 0.2) is 63.4 Å². The van der Waals surface area contributed by atoms with Gasteiger partial charge >= 0.3 is 0 Å². The zero-order valence-corrected chi connectivity index (χ0v) is 17.0. The largest absolute Gasteiger partial charge is 0.467 e. The van der Waals surface area contributed by atoms with Crippen LogP contribution in [0.4, 0.5) is 0 Å². The van der Waals surface area contributed by atoms with Gasteiger partial charge in [-0.2, -0.15) is 4.31 Å². The number of hydrogen-bond acceptors (Lipinski definition) is 5. The Morgan fingerprint density at radius 1 is 1.18 bits per heavy atom. The van der Waals surface area contributed by atoms with Crippen LogP contribution in [-0.2, 0) is 29.5 Å². The lowest BCUT2D eigenvalue weighted by Gasteiger charge is -2.28. The van der Waals surface area contributed by atoms with E-state index in [1.165, 1.54) is 20.8 Å². The SMILES string of the molecule is CN(Cc1ccco1)C(=O)c1sccc1S(=O)(=O)N1CCc2ccccc2C1. The number of carbonyl (C=O) groups excluding carboxylic acids is 1. The van der Waals surface area contributed by atoms with Crippen molar-refractivity contribution in [2.75, 3.05) is 13.6 Å². The normalized spacial score (nSPS) is 14.6. The van der Waals surface area contributed by atoms with E-state index in [9.17, 15) is 13.2 Å². The van der Waals surface area contributed by atoms with Crippen molar-refractivity contribution >= 4 is 27.3 Å². The minimum atomic E-state index is -3.76. The molecule has 0 spiro atoms. The number of fused-ring (bicyclic) bond motifs is 1. The third kappa shape index (κ3) is 3.50. The monoisotopic (exact) mass is 416 g/mol. The number of benzene rings is 1.